The highest BCUT2D eigenvalue weighted by atomic mass is 32.2. The van der Waals surface area contributed by atoms with Gasteiger partial charge in [-0.2, -0.15) is 0 Å². The van der Waals surface area contributed by atoms with E-state index in [2.05, 4.69) is 49.4 Å². The van der Waals surface area contributed by atoms with Crippen molar-refractivity contribution in [1.29, 1.82) is 0 Å². The molecule has 0 radical (unpaired) electrons. The Morgan fingerprint density at radius 3 is 2.51 bits per heavy atom. The number of aromatic nitrogens is 1. The monoisotopic (exact) mass is 577 g/mol. The molecule has 0 amide bonds. The topological polar surface area (TPSA) is 62.3 Å². The van der Waals surface area contributed by atoms with Gasteiger partial charge in [-0.3, -0.25) is 14.6 Å². The minimum atomic E-state index is -3.91. The minimum Gasteiger partial charge on any atom is -0.292 e. The molecule has 7 heteroatoms. The number of hydrogen-bond donors (Lipinski definition) is 1. The Hall–Kier alpha value is -2.77. The van der Waals surface area contributed by atoms with Gasteiger partial charge in [0, 0.05) is 36.4 Å². The van der Waals surface area contributed by atoms with E-state index in [1.54, 1.807) is 18.2 Å². The Labute approximate surface area is 245 Å². The fraction of sp³-hybridized carbons (Fsp3) is 0.500. The van der Waals surface area contributed by atoms with Crippen LogP contribution in [0.2, 0.25) is 0 Å². The van der Waals surface area contributed by atoms with E-state index in [0.29, 0.717) is 0 Å². The summed E-state index contributed by atoms with van der Waals surface area (Å²) >= 11 is 0. The maximum atomic E-state index is 14.9. The van der Waals surface area contributed by atoms with Gasteiger partial charge < -0.3 is 0 Å². The molecule has 1 fully saturated rings. The van der Waals surface area contributed by atoms with Gasteiger partial charge in [-0.15, -0.1) is 0 Å². The first-order chi connectivity index (χ1) is 19.5. The fourth-order valence-electron chi connectivity index (χ4n) is 6.25. The zero-order valence-electron chi connectivity index (χ0n) is 24.9. The number of rotatable bonds is 9. The molecule has 2 aliphatic rings. The molecule has 0 bridgehead atoms. The van der Waals surface area contributed by atoms with Crippen LogP contribution in [0.4, 0.5) is 10.1 Å². The van der Waals surface area contributed by atoms with Gasteiger partial charge >= 0.3 is 0 Å². The molecule has 1 aromatic heterocycles. The normalized spacial score (nSPS) is 17.4. The lowest BCUT2D eigenvalue weighted by molar-refractivity contribution is 0.191. The van der Waals surface area contributed by atoms with E-state index in [4.69, 9.17) is 4.98 Å². The molecule has 1 aliphatic heterocycles. The van der Waals surface area contributed by atoms with Crippen molar-refractivity contribution in [1.82, 2.24) is 9.88 Å². The number of fused-ring (bicyclic) bond motifs is 1. The molecule has 3 aromatic rings. The van der Waals surface area contributed by atoms with Gasteiger partial charge in [0.15, 0.2) is 0 Å². The number of nitrogens with one attached hydrogen (secondary N) is 1. The molecule has 2 heterocycles. The molecule has 5 rings (SSSR count). The minimum absolute atomic E-state index is 0.00616. The Balaban J connectivity index is 1.21. The maximum Gasteiger partial charge on any atom is 0.261 e. The van der Waals surface area contributed by atoms with Crippen LogP contribution in [0.5, 0.6) is 0 Å². The van der Waals surface area contributed by atoms with Crippen LogP contribution in [0.15, 0.2) is 59.6 Å². The van der Waals surface area contributed by atoms with E-state index >= 15 is 0 Å². The Morgan fingerprint density at radius 1 is 1.05 bits per heavy atom. The smallest absolute Gasteiger partial charge is 0.261 e. The van der Waals surface area contributed by atoms with Gasteiger partial charge in [-0.1, -0.05) is 71.1 Å². The van der Waals surface area contributed by atoms with Crippen LogP contribution in [0.3, 0.4) is 0 Å². The number of anilines is 1. The predicted octanol–water partition coefficient (Wildman–Crippen LogP) is 7.95. The average molecular weight is 578 g/mol. The van der Waals surface area contributed by atoms with E-state index in [1.165, 1.54) is 43.7 Å². The lowest BCUT2D eigenvalue weighted by Gasteiger charge is -2.34. The molecule has 220 valence electrons. The summed E-state index contributed by atoms with van der Waals surface area (Å²) in [4.78, 5) is 7.26. The standard InChI is InChI=1S/C34H44FN3O2S/c1-24(28-14-17-33(36-22-28)34(2,3)4)38-19-18-27-21-30(15-13-29(27)23-38)41(39,40)37-32-16-12-26(20-31(32)35)11-7-10-25-8-5-6-9-25/h12-17,20-22,24-25,37H,5-11,18-19,23H2,1-4H3/t24-/m0/s1. The molecule has 5 nitrogen and oxygen atoms in total. The summed E-state index contributed by atoms with van der Waals surface area (Å²) in [6, 6.07) is 14.6. The summed E-state index contributed by atoms with van der Waals surface area (Å²) in [5.41, 5.74) is 5.31. The molecule has 1 atom stereocenters. The van der Waals surface area contributed by atoms with Crippen LogP contribution < -0.4 is 4.72 Å². The molecule has 0 unspecified atom stereocenters. The first kappa shape index (κ1) is 29.7. The average Bonchev–Trinajstić information content (AvgIpc) is 3.47. The number of aryl methyl sites for hydroxylation is 1. The van der Waals surface area contributed by atoms with Crippen molar-refractivity contribution >= 4 is 15.7 Å². The molecule has 0 saturated heterocycles. The van der Waals surface area contributed by atoms with Crippen LogP contribution in [-0.2, 0) is 34.8 Å². The Morgan fingerprint density at radius 2 is 1.83 bits per heavy atom. The van der Waals surface area contributed by atoms with Crippen LogP contribution in [-0.4, -0.2) is 24.8 Å². The summed E-state index contributed by atoms with van der Waals surface area (Å²) < 4.78 is 43.8. The van der Waals surface area contributed by atoms with Gasteiger partial charge in [-0.25, -0.2) is 12.8 Å². The summed E-state index contributed by atoms with van der Waals surface area (Å²) in [6.07, 6.45) is 11.1. The van der Waals surface area contributed by atoms with Crippen molar-refractivity contribution < 1.29 is 12.8 Å². The fourth-order valence-corrected chi connectivity index (χ4v) is 7.37. The second-order valence-corrected chi connectivity index (χ2v) is 14.7. The molecule has 1 aliphatic carbocycles. The van der Waals surface area contributed by atoms with Crippen molar-refractivity contribution in [2.45, 2.75) is 102 Å². The second-order valence-electron chi connectivity index (χ2n) is 13.0. The molecule has 41 heavy (non-hydrogen) atoms. The van der Waals surface area contributed by atoms with Crippen LogP contribution in [0, 0.1) is 11.7 Å². The van der Waals surface area contributed by atoms with Crippen molar-refractivity contribution in [3.8, 4) is 0 Å². The third-order valence-electron chi connectivity index (χ3n) is 8.95. The molecule has 2 aromatic carbocycles. The highest BCUT2D eigenvalue weighted by Crippen LogP contribution is 2.31. The van der Waals surface area contributed by atoms with Gasteiger partial charge in [0.1, 0.15) is 5.82 Å². The third kappa shape index (κ3) is 7.18. The Bertz CT molecular complexity index is 1460. The highest BCUT2D eigenvalue weighted by Gasteiger charge is 2.25. The van der Waals surface area contributed by atoms with Crippen molar-refractivity contribution in [2.24, 2.45) is 5.92 Å². The largest absolute Gasteiger partial charge is 0.292 e. The zero-order chi connectivity index (χ0) is 29.2. The van der Waals surface area contributed by atoms with Crippen LogP contribution in [0.25, 0.3) is 0 Å². The number of pyridine rings is 1. The molecule has 1 N–H and O–H groups in total. The highest BCUT2D eigenvalue weighted by molar-refractivity contribution is 7.92. The van der Waals surface area contributed by atoms with Crippen LogP contribution in [0.1, 0.15) is 100 Å². The maximum absolute atomic E-state index is 14.9. The molecular formula is C34H44FN3O2S. The SMILES string of the molecule is C[C@@H](c1ccc(C(C)(C)C)nc1)N1CCc2cc(S(=O)(=O)Nc3ccc(CCCC4CCCC4)cc3F)ccc2C1. The summed E-state index contributed by atoms with van der Waals surface area (Å²) in [5.74, 6) is 0.289. The Kier molecular flexibility index (Phi) is 8.86. The number of nitrogens with zero attached hydrogens (tertiary/aromatic N) is 2. The van der Waals surface area contributed by atoms with E-state index < -0.39 is 15.8 Å². The summed E-state index contributed by atoms with van der Waals surface area (Å²) in [6.45, 7) is 10.2. The number of halogens is 1. The van der Waals surface area contributed by atoms with E-state index in [1.807, 2.05) is 18.3 Å². The van der Waals surface area contributed by atoms with Crippen molar-refractivity contribution in [3.63, 3.8) is 0 Å². The molecule has 1 saturated carbocycles. The second kappa shape index (κ2) is 12.2. The van der Waals surface area contributed by atoms with Gasteiger partial charge in [-0.05, 0) is 84.7 Å². The zero-order valence-corrected chi connectivity index (χ0v) is 25.7. The lowest BCUT2D eigenvalue weighted by Crippen LogP contribution is -2.33. The lowest BCUT2D eigenvalue weighted by atomic mass is 9.91. The van der Waals surface area contributed by atoms with E-state index in [0.717, 1.165) is 60.7 Å². The van der Waals surface area contributed by atoms with E-state index in [-0.39, 0.29) is 22.0 Å². The van der Waals surface area contributed by atoms with Gasteiger partial charge in [0.2, 0.25) is 0 Å². The predicted molar refractivity (Wildman–Crippen MR) is 164 cm³/mol. The summed E-state index contributed by atoms with van der Waals surface area (Å²) in [7, 11) is -3.91. The number of benzene rings is 2. The van der Waals surface area contributed by atoms with Crippen molar-refractivity contribution in [3.05, 3.63) is 88.5 Å². The van der Waals surface area contributed by atoms with Crippen molar-refractivity contribution in [2.75, 3.05) is 11.3 Å². The van der Waals surface area contributed by atoms with Gasteiger partial charge in [0.05, 0.1) is 10.6 Å². The number of hydrogen-bond acceptors (Lipinski definition) is 4. The van der Waals surface area contributed by atoms with Crippen LogP contribution >= 0.6 is 0 Å². The first-order valence-corrected chi connectivity index (χ1v) is 16.6. The van der Waals surface area contributed by atoms with E-state index in [9.17, 15) is 12.8 Å². The first-order valence-electron chi connectivity index (χ1n) is 15.1. The quantitative estimate of drug-likeness (QED) is 0.280. The molecular weight excluding hydrogens is 533 g/mol. The number of sulfonamides is 1. The van der Waals surface area contributed by atoms with Gasteiger partial charge in [0.25, 0.3) is 10.0 Å². The molecule has 0 spiro atoms. The third-order valence-corrected chi connectivity index (χ3v) is 10.3. The summed E-state index contributed by atoms with van der Waals surface area (Å²) in [5, 5.41) is 0.